The van der Waals surface area contributed by atoms with E-state index in [9.17, 15) is 14.0 Å². The molecule has 2 rings (SSSR count). The van der Waals surface area contributed by atoms with Crippen molar-refractivity contribution in [2.75, 3.05) is 4.90 Å². The number of nitrogens with one attached hydrogen (secondary N) is 1. The molecule has 2 unspecified atom stereocenters. The SMILES string of the molecule is CC1C(=O)NC(=O)C(C)N1c1ccc(F)c(Cl)c1. The molecule has 0 saturated carbocycles. The van der Waals surface area contributed by atoms with E-state index in [1.807, 2.05) is 0 Å². The second-order valence-corrected chi connectivity index (χ2v) is 4.62. The van der Waals surface area contributed by atoms with Crippen molar-refractivity contribution >= 4 is 29.1 Å². The predicted molar refractivity (Wildman–Crippen MR) is 66.0 cm³/mol. The first-order valence-electron chi connectivity index (χ1n) is 5.50. The molecule has 1 N–H and O–H groups in total. The minimum Gasteiger partial charge on any atom is -0.348 e. The first kappa shape index (κ1) is 12.8. The van der Waals surface area contributed by atoms with Gasteiger partial charge in [0, 0.05) is 5.69 Å². The van der Waals surface area contributed by atoms with Crippen LogP contribution in [0.2, 0.25) is 5.02 Å². The number of nitrogens with zero attached hydrogens (tertiary/aromatic N) is 1. The largest absolute Gasteiger partial charge is 0.348 e. The third-order valence-corrected chi connectivity index (χ3v) is 3.33. The lowest BCUT2D eigenvalue weighted by Crippen LogP contribution is -2.61. The molecule has 1 aliphatic heterocycles. The van der Waals surface area contributed by atoms with Crippen molar-refractivity contribution in [1.82, 2.24) is 5.32 Å². The zero-order valence-corrected chi connectivity index (χ0v) is 10.7. The standard InChI is InChI=1S/C12H12ClFN2O2/c1-6-11(17)15-12(18)7(2)16(6)8-3-4-10(14)9(13)5-8/h3-7H,1-2H3,(H,15,17,18). The van der Waals surface area contributed by atoms with Gasteiger partial charge < -0.3 is 4.90 Å². The van der Waals surface area contributed by atoms with E-state index in [4.69, 9.17) is 11.6 Å². The van der Waals surface area contributed by atoms with E-state index in [0.717, 1.165) is 0 Å². The van der Waals surface area contributed by atoms with Gasteiger partial charge in [0.05, 0.1) is 5.02 Å². The highest BCUT2D eigenvalue weighted by atomic mass is 35.5. The minimum absolute atomic E-state index is 0.0367. The number of amides is 2. The molecule has 1 fully saturated rings. The highest BCUT2D eigenvalue weighted by Crippen LogP contribution is 2.27. The summed E-state index contributed by atoms with van der Waals surface area (Å²) in [5, 5.41) is 2.24. The van der Waals surface area contributed by atoms with Gasteiger partial charge in [-0.25, -0.2) is 4.39 Å². The summed E-state index contributed by atoms with van der Waals surface area (Å²) in [6, 6.07) is 3.10. The lowest BCUT2D eigenvalue weighted by atomic mass is 10.1. The maximum atomic E-state index is 13.1. The molecular formula is C12H12ClFN2O2. The van der Waals surface area contributed by atoms with Crippen LogP contribution in [0.15, 0.2) is 18.2 Å². The number of imide groups is 1. The summed E-state index contributed by atoms with van der Waals surface area (Å²) in [5.74, 6) is -1.29. The zero-order valence-electron chi connectivity index (χ0n) is 9.91. The van der Waals surface area contributed by atoms with Gasteiger partial charge in [-0.3, -0.25) is 14.9 Å². The molecule has 1 aromatic rings. The van der Waals surface area contributed by atoms with Crippen molar-refractivity contribution in [3.8, 4) is 0 Å². The van der Waals surface area contributed by atoms with E-state index in [-0.39, 0.29) is 16.8 Å². The number of piperazine rings is 1. The number of anilines is 1. The molecule has 96 valence electrons. The van der Waals surface area contributed by atoms with Crippen LogP contribution in [0, 0.1) is 5.82 Å². The molecule has 1 aliphatic rings. The van der Waals surface area contributed by atoms with Gasteiger partial charge in [-0.05, 0) is 32.0 Å². The second kappa shape index (κ2) is 4.57. The Morgan fingerprint density at radius 3 is 2.28 bits per heavy atom. The van der Waals surface area contributed by atoms with Gasteiger partial charge in [0.25, 0.3) is 0 Å². The normalized spacial score (nSPS) is 24.1. The molecule has 0 bridgehead atoms. The Balaban J connectivity index is 2.42. The van der Waals surface area contributed by atoms with Crippen molar-refractivity contribution in [3.05, 3.63) is 29.0 Å². The van der Waals surface area contributed by atoms with E-state index >= 15 is 0 Å². The van der Waals surface area contributed by atoms with E-state index in [2.05, 4.69) is 5.32 Å². The fourth-order valence-electron chi connectivity index (χ4n) is 2.01. The smallest absolute Gasteiger partial charge is 0.249 e. The van der Waals surface area contributed by atoms with Crippen LogP contribution in [0.3, 0.4) is 0 Å². The summed E-state index contributed by atoms with van der Waals surface area (Å²) < 4.78 is 13.1. The Hall–Kier alpha value is -1.62. The lowest BCUT2D eigenvalue weighted by molar-refractivity contribution is -0.134. The highest BCUT2D eigenvalue weighted by molar-refractivity contribution is 6.31. The monoisotopic (exact) mass is 270 g/mol. The molecule has 1 aromatic carbocycles. The minimum atomic E-state index is -0.534. The van der Waals surface area contributed by atoms with E-state index in [1.165, 1.54) is 18.2 Å². The Bertz CT molecular complexity index is 501. The van der Waals surface area contributed by atoms with Crippen molar-refractivity contribution < 1.29 is 14.0 Å². The Kier molecular flexibility index (Phi) is 3.26. The molecule has 4 nitrogen and oxygen atoms in total. The van der Waals surface area contributed by atoms with Gasteiger partial charge in [0.1, 0.15) is 17.9 Å². The number of benzene rings is 1. The maximum Gasteiger partial charge on any atom is 0.249 e. The number of hydrogen-bond acceptors (Lipinski definition) is 3. The number of carbonyl (C=O) groups excluding carboxylic acids is 2. The summed E-state index contributed by atoms with van der Waals surface area (Å²) >= 11 is 5.71. The molecule has 0 radical (unpaired) electrons. The molecular weight excluding hydrogens is 259 g/mol. The maximum absolute atomic E-state index is 13.1. The zero-order chi connectivity index (χ0) is 13.4. The molecule has 2 atom stereocenters. The van der Waals surface area contributed by atoms with Gasteiger partial charge >= 0.3 is 0 Å². The van der Waals surface area contributed by atoms with Gasteiger partial charge in [-0.15, -0.1) is 0 Å². The topological polar surface area (TPSA) is 49.4 Å². The third kappa shape index (κ3) is 2.06. The molecule has 1 heterocycles. The van der Waals surface area contributed by atoms with Crippen LogP contribution in [0.25, 0.3) is 0 Å². The van der Waals surface area contributed by atoms with Gasteiger partial charge in [0.15, 0.2) is 0 Å². The van der Waals surface area contributed by atoms with E-state index in [1.54, 1.807) is 18.7 Å². The van der Waals surface area contributed by atoms with E-state index in [0.29, 0.717) is 5.69 Å². The average molecular weight is 271 g/mol. The number of halogens is 2. The third-order valence-electron chi connectivity index (χ3n) is 3.04. The first-order chi connectivity index (χ1) is 8.41. The van der Waals surface area contributed by atoms with Crippen LogP contribution >= 0.6 is 11.6 Å². The second-order valence-electron chi connectivity index (χ2n) is 4.21. The van der Waals surface area contributed by atoms with Crippen molar-refractivity contribution in [1.29, 1.82) is 0 Å². The summed E-state index contributed by atoms with van der Waals surface area (Å²) in [5.41, 5.74) is 0.546. The summed E-state index contributed by atoms with van der Waals surface area (Å²) in [7, 11) is 0. The van der Waals surface area contributed by atoms with Crippen LogP contribution in [-0.2, 0) is 9.59 Å². The molecule has 0 spiro atoms. The number of carbonyl (C=O) groups is 2. The number of hydrogen-bond donors (Lipinski definition) is 1. The van der Waals surface area contributed by atoms with Crippen LogP contribution in [0.4, 0.5) is 10.1 Å². The Morgan fingerprint density at radius 2 is 1.78 bits per heavy atom. The Morgan fingerprint density at radius 1 is 1.22 bits per heavy atom. The summed E-state index contributed by atoms with van der Waals surface area (Å²) in [6.07, 6.45) is 0. The van der Waals surface area contributed by atoms with Crippen LogP contribution in [0.1, 0.15) is 13.8 Å². The Labute approximate surface area is 109 Å². The van der Waals surface area contributed by atoms with Crippen molar-refractivity contribution in [2.24, 2.45) is 0 Å². The lowest BCUT2D eigenvalue weighted by Gasteiger charge is -2.38. The van der Waals surface area contributed by atoms with Crippen LogP contribution in [0.5, 0.6) is 0 Å². The molecule has 18 heavy (non-hydrogen) atoms. The van der Waals surface area contributed by atoms with Crippen molar-refractivity contribution in [2.45, 2.75) is 25.9 Å². The predicted octanol–water partition coefficient (Wildman–Crippen LogP) is 1.72. The van der Waals surface area contributed by atoms with Gasteiger partial charge in [-0.1, -0.05) is 11.6 Å². The molecule has 1 saturated heterocycles. The van der Waals surface area contributed by atoms with Crippen LogP contribution < -0.4 is 10.2 Å². The molecule has 0 aliphatic carbocycles. The molecule has 0 aromatic heterocycles. The van der Waals surface area contributed by atoms with Gasteiger partial charge in [-0.2, -0.15) is 0 Å². The molecule has 2 amide bonds. The van der Waals surface area contributed by atoms with E-state index < -0.39 is 17.9 Å². The molecule has 6 heteroatoms. The fourth-order valence-corrected chi connectivity index (χ4v) is 2.19. The van der Waals surface area contributed by atoms with Crippen molar-refractivity contribution in [3.63, 3.8) is 0 Å². The van der Waals surface area contributed by atoms with Gasteiger partial charge in [0.2, 0.25) is 11.8 Å². The quantitative estimate of drug-likeness (QED) is 0.791. The average Bonchev–Trinajstić information content (AvgIpc) is 2.31. The van der Waals surface area contributed by atoms with Crippen LogP contribution in [-0.4, -0.2) is 23.9 Å². The summed E-state index contributed by atoms with van der Waals surface area (Å²) in [6.45, 7) is 3.35. The first-order valence-corrected chi connectivity index (χ1v) is 5.87. The fraction of sp³-hybridized carbons (Fsp3) is 0.333. The number of rotatable bonds is 1. The summed E-state index contributed by atoms with van der Waals surface area (Å²) in [4.78, 5) is 24.8. The highest BCUT2D eigenvalue weighted by Gasteiger charge is 2.36.